The highest BCUT2D eigenvalue weighted by molar-refractivity contribution is 5.94. The Bertz CT molecular complexity index is 1080. The van der Waals surface area contributed by atoms with Crippen molar-refractivity contribution in [3.05, 3.63) is 70.8 Å². The van der Waals surface area contributed by atoms with E-state index >= 15 is 0 Å². The van der Waals surface area contributed by atoms with Gasteiger partial charge in [0.05, 0.1) is 12.8 Å². The fourth-order valence-corrected chi connectivity index (χ4v) is 6.76. The molecule has 1 aromatic carbocycles. The van der Waals surface area contributed by atoms with Crippen LogP contribution in [0.5, 0.6) is 0 Å². The highest BCUT2D eigenvalue weighted by Crippen LogP contribution is 2.63. The molecule has 2 aromatic rings. The Morgan fingerprint density at radius 1 is 1.28 bits per heavy atom. The van der Waals surface area contributed by atoms with Gasteiger partial charge in [0.25, 0.3) is 5.91 Å². The normalized spacial score (nSPS) is 28.4. The second-order valence-corrected chi connectivity index (χ2v) is 9.98. The van der Waals surface area contributed by atoms with E-state index in [1.807, 2.05) is 6.07 Å². The number of allylic oxidation sites excluding steroid dienone is 2. The molecule has 0 saturated heterocycles. The van der Waals surface area contributed by atoms with Crippen LogP contribution in [-0.4, -0.2) is 41.1 Å². The Kier molecular flexibility index (Phi) is 5.40. The third-order valence-electron chi connectivity index (χ3n) is 8.35. The number of fused-ring (bicyclic) bond motifs is 5. The molecule has 1 amide bonds. The molecule has 0 aliphatic heterocycles. The molecule has 4 nitrogen and oxygen atoms in total. The standard InChI is InChI=1S/C27H31FN2O2/c1-27-10-9-22-21-5-4-18(26(32)30(2)11-12-31)13-17(21)3-6-23(22)25(27)8-7-24(27)19-14-20(28)16-29-15-19/h4-5,7,13-16,22-23,25,31H,3,6,8-12H2,1-2H3. The molecule has 4 unspecified atom stereocenters. The smallest absolute Gasteiger partial charge is 0.253 e. The number of benzene rings is 1. The Labute approximate surface area is 189 Å². The fourth-order valence-electron chi connectivity index (χ4n) is 6.76. The average Bonchev–Trinajstić information content (AvgIpc) is 3.15. The predicted octanol–water partition coefficient (Wildman–Crippen LogP) is 4.83. The van der Waals surface area contributed by atoms with E-state index < -0.39 is 0 Å². The minimum Gasteiger partial charge on any atom is -0.395 e. The summed E-state index contributed by atoms with van der Waals surface area (Å²) in [6.45, 7) is 2.68. The molecule has 5 rings (SSSR count). The van der Waals surface area contributed by atoms with Crippen LogP contribution in [0.3, 0.4) is 0 Å². The van der Waals surface area contributed by atoms with Gasteiger partial charge in [-0.25, -0.2) is 4.39 Å². The van der Waals surface area contributed by atoms with Crippen molar-refractivity contribution in [2.75, 3.05) is 20.2 Å². The number of carbonyl (C=O) groups excluding carboxylic acids is 1. The summed E-state index contributed by atoms with van der Waals surface area (Å²) in [5.74, 6) is 1.38. The number of hydrogen-bond donors (Lipinski definition) is 1. The number of aromatic nitrogens is 1. The largest absolute Gasteiger partial charge is 0.395 e. The van der Waals surface area contributed by atoms with Crippen LogP contribution in [0.4, 0.5) is 4.39 Å². The van der Waals surface area contributed by atoms with Crippen molar-refractivity contribution in [2.45, 2.75) is 44.9 Å². The van der Waals surface area contributed by atoms with Gasteiger partial charge in [-0.3, -0.25) is 9.78 Å². The molecule has 0 bridgehead atoms. The monoisotopic (exact) mass is 434 g/mol. The molecule has 1 heterocycles. The lowest BCUT2D eigenvalue weighted by Crippen LogP contribution is -2.41. The van der Waals surface area contributed by atoms with E-state index in [1.165, 1.54) is 22.9 Å². The molecule has 1 aromatic heterocycles. The number of rotatable bonds is 4. The van der Waals surface area contributed by atoms with Gasteiger partial charge in [-0.1, -0.05) is 19.1 Å². The van der Waals surface area contributed by atoms with Gasteiger partial charge >= 0.3 is 0 Å². The summed E-state index contributed by atoms with van der Waals surface area (Å²) in [5.41, 5.74) is 5.69. The summed E-state index contributed by atoms with van der Waals surface area (Å²) in [4.78, 5) is 18.3. The van der Waals surface area contributed by atoms with E-state index in [2.05, 4.69) is 30.1 Å². The number of halogens is 1. The number of aliphatic hydroxyl groups is 1. The van der Waals surface area contributed by atoms with E-state index in [0.29, 0.717) is 29.9 Å². The Balaban J connectivity index is 1.40. The van der Waals surface area contributed by atoms with Crippen molar-refractivity contribution in [2.24, 2.45) is 17.3 Å². The van der Waals surface area contributed by atoms with E-state index in [-0.39, 0.29) is 23.7 Å². The number of aliphatic hydroxyl groups excluding tert-OH is 1. The van der Waals surface area contributed by atoms with Gasteiger partial charge in [-0.2, -0.15) is 0 Å². The molecule has 3 aliphatic carbocycles. The van der Waals surface area contributed by atoms with Crippen molar-refractivity contribution in [1.29, 1.82) is 0 Å². The first-order valence-electron chi connectivity index (χ1n) is 11.7. The zero-order valence-electron chi connectivity index (χ0n) is 18.9. The van der Waals surface area contributed by atoms with Gasteiger partial charge in [-0.05, 0) is 95.7 Å². The summed E-state index contributed by atoms with van der Waals surface area (Å²) in [6, 6.07) is 7.84. The van der Waals surface area contributed by atoms with E-state index in [4.69, 9.17) is 5.11 Å². The van der Waals surface area contributed by atoms with Crippen molar-refractivity contribution < 1.29 is 14.3 Å². The SMILES string of the molecule is CN(CCO)C(=O)c1ccc2c(c1)CCC1C2CCC2(C)C(c3cncc(F)c3)=CCC12. The van der Waals surface area contributed by atoms with Crippen molar-refractivity contribution in [3.8, 4) is 0 Å². The van der Waals surface area contributed by atoms with Gasteiger partial charge in [0.15, 0.2) is 0 Å². The molecule has 168 valence electrons. The zero-order valence-corrected chi connectivity index (χ0v) is 18.9. The number of pyridine rings is 1. The Hall–Kier alpha value is -2.53. The van der Waals surface area contributed by atoms with Gasteiger partial charge in [0, 0.05) is 25.4 Å². The second-order valence-electron chi connectivity index (χ2n) is 9.98. The van der Waals surface area contributed by atoms with Crippen molar-refractivity contribution >= 4 is 11.5 Å². The average molecular weight is 435 g/mol. The molecule has 32 heavy (non-hydrogen) atoms. The minimum absolute atomic E-state index is 0.0290. The van der Waals surface area contributed by atoms with Crippen LogP contribution in [0.25, 0.3) is 5.57 Å². The van der Waals surface area contributed by atoms with E-state index in [9.17, 15) is 9.18 Å². The van der Waals surface area contributed by atoms with Crippen LogP contribution in [0.15, 0.2) is 42.7 Å². The van der Waals surface area contributed by atoms with Gasteiger partial charge in [-0.15, -0.1) is 0 Å². The molecule has 1 fully saturated rings. The summed E-state index contributed by atoms with van der Waals surface area (Å²) in [6.07, 6.45) is 10.8. The first-order valence-corrected chi connectivity index (χ1v) is 11.7. The van der Waals surface area contributed by atoms with Crippen molar-refractivity contribution in [3.63, 3.8) is 0 Å². The highest BCUT2D eigenvalue weighted by atomic mass is 19.1. The molecule has 0 spiro atoms. The molecule has 0 radical (unpaired) electrons. The third kappa shape index (κ3) is 3.38. The van der Waals surface area contributed by atoms with E-state index in [1.54, 1.807) is 24.2 Å². The van der Waals surface area contributed by atoms with Gasteiger partial charge < -0.3 is 10.0 Å². The molecule has 1 saturated carbocycles. The number of nitrogens with zero attached hydrogens (tertiary/aromatic N) is 2. The molecule has 3 aliphatic rings. The Morgan fingerprint density at radius 2 is 2.12 bits per heavy atom. The minimum atomic E-state index is -0.272. The maximum Gasteiger partial charge on any atom is 0.253 e. The molecular formula is C27H31FN2O2. The lowest BCUT2D eigenvalue weighted by Gasteiger charge is -2.50. The molecular weight excluding hydrogens is 403 g/mol. The first-order chi connectivity index (χ1) is 15.4. The number of carbonyl (C=O) groups is 1. The maximum atomic E-state index is 13.9. The fraction of sp³-hybridized carbons (Fsp3) is 0.481. The molecule has 1 N–H and O–H groups in total. The van der Waals surface area contributed by atoms with Crippen LogP contribution in [0.1, 0.15) is 65.6 Å². The lowest BCUT2D eigenvalue weighted by atomic mass is 9.54. The van der Waals surface area contributed by atoms with Crippen LogP contribution < -0.4 is 0 Å². The first kappa shape index (κ1) is 21.3. The van der Waals surface area contributed by atoms with Gasteiger partial charge in [0.2, 0.25) is 0 Å². The van der Waals surface area contributed by atoms with Crippen LogP contribution in [0.2, 0.25) is 0 Å². The van der Waals surface area contributed by atoms with E-state index in [0.717, 1.165) is 37.7 Å². The number of amides is 1. The number of likely N-dealkylation sites (N-methyl/N-ethyl adjacent to an activating group) is 1. The zero-order chi connectivity index (χ0) is 22.5. The summed E-state index contributed by atoms with van der Waals surface area (Å²) >= 11 is 0. The number of hydrogen-bond acceptors (Lipinski definition) is 3. The number of aryl methyl sites for hydroxylation is 1. The van der Waals surface area contributed by atoms with Crippen LogP contribution in [0, 0.1) is 23.1 Å². The third-order valence-corrected chi connectivity index (χ3v) is 8.35. The quantitative estimate of drug-likeness (QED) is 0.750. The second kappa shape index (κ2) is 8.11. The lowest BCUT2D eigenvalue weighted by molar-refractivity contribution is 0.0765. The van der Waals surface area contributed by atoms with Crippen LogP contribution in [-0.2, 0) is 6.42 Å². The highest BCUT2D eigenvalue weighted by Gasteiger charge is 2.52. The summed E-state index contributed by atoms with van der Waals surface area (Å²) in [7, 11) is 1.73. The van der Waals surface area contributed by atoms with Gasteiger partial charge in [0.1, 0.15) is 5.82 Å². The summed E-state index contributed by atoms with van der Waals surface area (Å²) in [5, 5.41) is 9.13. The topological polar surface area (TPSA) is 53.4 Å². The summed E-state index contributed by atoms with van der Waals surface area (Å²) < 4.78 is 13.9. The molecule has 4 atom stereocenters. The maximum absolute atomic E-state index is 13.9. The predicted molar refractivity (Wildman–Crippen MR) is 123 cm³/mol. The van der Waals surface area contributed by atoms with Crippen molar-refractivity contribution in [1.82, 2.24) is 9.88 Å². The molecule has 5 heteroatoms. The Morgan fingerprint density at radius 3 is 2.91 bits per heavy atom. The van der Waals surface area contributed by atoms with Crippen LogP contribution >= 0.6 is 0 Å².